The molecule has 6 fully saturated rings. The average molecular weight is 499 g/mol. The summed E-state index contributed by atoms with van der Waals surface area (Å²) in [6.07, 6.45) is 3.95. The Balaban J connectivity index is 1.48. The maximum absolute atomic E-state index is 14.4. The van der Waals surface area contributed by atoms with Crippen LogP contribution < -0.4 is 0 Å². The highest BCUT2D eigenvalue weighted by Crippen LogP contribution is 2.80. The first kappa shape index (κ1) is 23.6. The molecule has 7 nitrogen and oxygen atoms in total. The van der Waals surface area contributed by atoms with E-state index in [0.29, 0.717) is 18.8 Å². The predicted molar refractivity (Wildman–Crippen MR) is 129 cm³/mol. The first-order valence-corrected chi connectivity index (χ1v) is 13.5. The van der Waals surface area contributed by atoms with Crippen molar-refractivity contribution in [2.24, 2.45) is 34.0 Å². The van der Waals surface area contributed by atoms with Crippen molar-refractivity contribution < 1.29 is 33.6 Å². The summed E-state index contributed by atoms with van der Waals surface area (Å²) in [6, 6.07) is 0. The molecule has 0 amide bonds. The smallest absolute Gasteiger partial charge is 0.213 e. The van der Waals surface area contributed by atoms with Crippen molar-refractivity contribution in [2.75, 3.05) is 13.2 Å². The number of ether oxygens (including phenoxy) is 5. The molecule has 4 aliphatic heterocycles. The molecule has 3 spiro atoms. The van der Waals surface area contributed by atoms with Gasteiger partial charge < -0.3 is 28.8 Å². The molecule has 3 saturated heterocycles. The molecule has 4 bridgehead atoms. The van der Waals surface area contributed by atoms with Gasteiger partial charge in [-0.25, -0.2) is 0 Å². The number of aliphatic hydroxyl groups is 1. The number of fused-ring (bicyclic) bond motifs is 1. The SMILES string of the molecule is C=CCO[C@@H]1CCC2=C(O1)[C@@]13COC4(OC(C)(C)OC5[C@H]6CC[C@@H]1[C@]54C(=O)C6=C)[C@@H](O)[C@@H]3C(C)(C)C2. The molecule has 196 valence electrons. The Bertz CT molecular complexity index is 1100. The number of ketones is 1. The second kappa shape index (κ2) is 6.92. The van der Waals surface area contributed by atoms with Crippen molar-refractivity contribution in [2.45, 2.75) is 89.9 Å². The first-order chi connectivity index (χ1) is 17.0. The molecule has 4 aliphatic carbocycles. The van der Waals surface area contributed by atoms with Gasteiger partial charge in [0.2, 0.25) is 5.79 Å². The average Bonchev–Trinajstić information content (AvgIpc) is 2.93. The molecule has 1 N–H and O–H groups in total. The fourth-order valence-electron chi connectivity index (χ4n) is 9.94. The third-order valence-electron chi connectivity index (χ3n) is 10.6. The largest absolute Gasteiger partial charge is 0.469 e. The van der Waals surface area contributed by atoms with E-state index < -0.39 is 34.6 Å². The second-order valence-electron chi connectivity index (χ2n) is 13.2. The van der Waals surface area contributed by atoms with E-state index in [-0.39, 0.29) is 35.2 Å². The molecule has 7 heteroatoms. The monoisotopic (exact) mass is 498 g/mol. The van der Waals surface area contributed by atoms with Crippen molar-refractivity contribution in [1.29, 1.82) is 0 Å². The van der Waals surface area contributed by atoms with Crippen LogP contribution in [0.1, 0.15) is 59.8 Å². The number of Topliss-reactive ketones (excluding diaryl/α,β-unsaturated/α-hetero) is 1. The molecule has 0 aromatic carbocycles. The van der Waals surface area contributed by atoms with Gasteiger partial charge in [-0.2, -0.15) is 0 Å². The van der Waals surface area contributed by atoms with E-state index in [0.717, 1.165) is 37.9 Å². The van der Waals surface area contributed by atoms with Crippen LogP contribution in [0, 0.1) is 34.0 Å². The van der Waals surface area contributed by atoms with Gasteiger partial charge in [0.1, 0.15) is 17.3 Å². The molecule has 8 rings (SSSR count). The maximum Gasteiger partial charge on any atom is 0.213 e. The number of hydrogen-bond acceptors (Lipinski definition) is 7. The second-order valence-corrected chi connectivity index (χ2v) is 13.2. The Morgan fingerprint density at radius 2 is 1.97 bits per heavy atom. The van der Waals surface area contributed by atoms with Crippen LogP contribution in [0.2, 0.25) is 0 Å². The topological polar surface area (TPSA) is 83.5 Å². The van der Waals surface area contributed by atoms with Crippen molar-refractivity contribution in [1.82, 2.24) is 0 Å². The van der Waals surface area contributed by atoms with E-state index in [4.69, 9.17) is 23.7 Å². The summed E-state index contributed by atoms with van der Waals surface area (Å²) in [6.45, 7) is 16.9. The van der Waals surface area contributed by atoms with E-state index in [1.165, 1.54) is 5.57 Å². The lowest BCUT2D eigenvalue weighted by Crippen LogP contribution is -2.87. The van der Waals surface area contributed by atoms with Gasteiger partial charge in [-0.1, -0.05) is 26.5 Å². The molecule has 4 heterocycles. The van der Waals surface area contributed by atoms with Gasteiger partial charge >= 0.3 is 0 Å². The normalized spacial score (nSPS) is 51.2. The van der Waals surface area contributed by atoms with Crippen LogP contribution in [0.15, 0.2) is 36.1 Å². The Morgan fingerprint density at radius 3 is 2.72 bits per heavy atom. The standard InChI is InChI=1S/C29H38O7/c1-7-12-32-19-11-8-16-13-25(3,4)20-22(31)29-28-18(27(20,14-33-29)23(16)34-19)10-9-17(15(2)21(28)30)24(28)35-26(5,6)36-29/h7,17-20,22,24,31H,1-2,8-14H2,3-6H3/t17-,18-,19-,20+,22-,24?,27-,28-,29?/m0/s1. The quantitative estimate of drug-likeness (QED) is 0.465. The highest BCUT2D eigenvalue weighted by molar-refractivity contribution is 6.05. The summed E-state index contributed by atoms with van der Waals surface area (Å²) in [5, 5.41) is 12.4. The highest BCUT2D eigenvalue weighted by Gasteiger charge is 2.90. The van der Waals surface area contributed by atoms with Gasteiger partial charge in [0, 0.05) is 18.3 Å². The lowest BCUT2D eigenvalue weighted by molar-refractivity contribution is -0.527. The van der Waals surface area contributed by atoms with E-state index in [2.05, 4.69) is 27.0 Å². The molecule has 0 aromatic rings. The van der Waals surface area contributed by atoms with Crippen LogP contribution in [-0.4, -0.2) is 54.2 Å². The van der Waals surface area contributed by atoms with Gasteiger partial charge in [-0.05, 0) is 62.0 Å². The predicted octanol–water partition coefficient (Wildman–Crippen LogP) is 4.02. The molecule has 2 unspecified atom stereocenters. The van der Waals surface area contributed by atoms with Crippen molar-refractivity contribution in [3.63, 3.8) is 0 Å². The van der Waals surface area contributed by atoms with E-state index >= 15 is 0 Å². The van der Waals surface area contributed by atoms with Crippen LogP contribution in [0.4, 0.5) is 0 Å². The minimum Gasteiger partial charge on any atom is -0.469 e. The summed E-state index contributed by atoms with van der Waals surface area (Å²) >= 11 is 0. The van der Waals surface area contributed by atoms with Gasteiger partial charge in [0.05, 0.1) is 24.7 Å². The van der Waals surface area contributed by atoms with Gasteiger partial charge in [0.25, 0.3) is 0 Å². The van der Waals surface area contributed by atoms with Gasteiger partial charge in [-0.15, -0.1) is 6.58 Å². The molecule has 3 saturated carbocycles. The zero-order valence-electron chi connectivity index (χ0n) is 21.8. The molecule has 36 heavy (non-hydrogen) atoms. The van der Waals surface area contributed by atoms with Crippen LogP contribution in [0.5, 0.6) is 0 Å². The minimum atomic E-state index is -1.48. The van der Waals surface area contributed by atoms with Crippen LogP contribution in [0.3, 0.4) is 0 Å². The summed E-state index contributed by atoms with van der Waals surface area (Å²) in [4.78, 5) is 14.4. The molecule has 0 radical (unpaired) electrons. The van der Waals surface area contributed by atoms with Crippen molar-refractivity contribution >= 4 is 5.78 Å². The molecule has 0 aromatic heterocycles. The number of carbonyl (C=O) groups excluding carboxylic acids is 1. The number of allylic oxidation sites excluding steroid dienone is 1. The fraction of sp³-hybridized carbons (Fsp3) is 0.759. The Kier molecular flexibility index (Phi) is 4.53. The van der Waals surface area contributed by atoms with E-state index in [1.54, 1.807) is 6.08 Å². The third kappa shape index (κ3) is 2.37. The Morgan fingerprint density at radius 1 is 1.19 bits per heavy atom. The minimum absolute atomic E-state index is 0.0622. The van der Waals surface area contributed by atoms with Crippen LogP contribution in [0.25, 0.3) is 0 Å². The molecular weight excluding hydrogens is 460 g/mol. The zero-order chi connectivity index (χ0) is 25.5. The van der Waals surface area contributed by atoms with E-state index in [1.807, 2.05) is 13.8 Å². The maximum atomic E-state index is 14.4. The van der Waals surface area contributed by atoms with Crippen LogP contribution in [-0.2, 0) is 28.5 Å². The number of aliphatic hydroxyl groups excluding tert-OH is 1. The summed E-state index contributed by atoms with van der Waals surface area (Å²) in [7, 11) is 0. The fourth-order valence-corrected chi connectivity index (χ4v) is 9.94. The summed E-state index contributed by atoms with van der Waals surface area (Å²) in [5.74, 6) is -2.13. The number of rotatable bonds is 3. The third-order valence-corrected chi connectivity index (χ3v) is 10.6. The molecule has 9 atom stereocenters. The molecular formula is C29H38O7. The van der Waals surface area contributed by atoms with Crippen molar-refractivity contribution in [3.05, 3.63) is 36.1 Å². The van der Waals surface area contributed by atoms with Crippen LogP contribution >= 0.6 is 0 Å². The van der Waals surface area contributed by atoms with E-state index in [9.17, 15) is 9.90 Å². The lowest BCUT2D eigenvalue weighted by Gasteiger charge is -2.77. The first-order valence-electron chi connectivity index (χ1n) is 13.5. The lowest BCUT2D eigenvalue weighted by atomic mass is 9.36. The highest BCUT2D eigenvalue weighted by atomic mass is 16.8. The Labute approximate surface area is 212 Å². The number of carbonyl (C=O) groups is 1. The van der Waals surface area contributed by atoms with Gasteiger partial charge in [0.15, 0.2) is 17.9 Å². The molecule has 8 aliphatic rings. The van der Waals surface area contributed by atoms with Gasteiger partial charge in [-0.3, -0.25) is 4.79 Å². The summed E-state index contributed by atoms with van der Waals surface area (Å²) < 4.78 is 32.6. The zero-order valence-corrected chi connectivity index (χ0v) is 21.8. The summed E-state index contributed by atoms with van der Waals surface area (Å²) in [5.41, 5.74) is -0.226. The Hall–Kier alpha value is -1.51. The number of hydrogen-bond donors (Lipinski definition) is 1. The van der Waals surface area contributed by atoms with Crippen molar-refractivity contribution in [3.8, 4) is 0 Å².